The van der Waals surface area contributed by atoms with Gasteiger partial charge < -0.3 is 19.7 Å². The van der Waals surface area contributed by atoms with E-state index >= 15 is 0 Å². The first-order valence-corrected chi connectivity index (χ1v) is 12.0. The van der Waals surface area contributed by atoms with Crippen LogP contribution in [0, 0.1) is 29.1 Å². The fraction of sp³-hybridized carbons (Fsp3) is 0.692. The van der Waals surface area contributed by atoms with Gasteiger partial charge in [0.05, 0.1) is 14.2 Å². The molecule has 2 amide bonds. The summed E-state index contributed by atoms with van der Waals surface area (Å²) in [7, 11) is 5.02. The maximum absolute atomic E-state index is 13.6. The Hall–Kier alpha value is -2.24. The molecule has 1 unspecified atom stereocenters. The first kappa shape index (κ1) is 22.9. The highest BCUT2D eigenvalue weighted by molar-refractivity contribution is 5.90. The molecule has 1 aromatic rings. The minimum atomic E-state index is -0.523. The lowest BCUT2D eigenvalue weighted by atomic mass is 9.49. The van der Waals surface area contributed by atoms with E-state index in [1.54, 1.807) is 26.2 Å². The lowest BCUT2D eigenvalue weighted by Gasteiger charge is -2.56. The molecule has 0 aliphatic heterocycles. The minimum Gasteiger partial charge on any atom is -0.497 e. The van der Waals surface area contributed by atoms with Crippen molar-refractivity contribution < 1.29 is 19.1 Å². The molecule has 0 saturated heterocycles. The SMILES string of the molecule is COc1ccc(CN(C)C(=O)C(NC(=O)C23CC4CC(CC(C4)C2)C3)C(C)C)c(OC)c1. The lowest BCUT2D eigenvalue weighted by Crippen LogP contribution is -2.58. The highest BCUT2D eigenvalue weighted by atomic mass is 16.5. The first-order valence-electron chi connectivity index (χ1n) is 12.0. The van der Waals surface area contributed by atoms with E-state index in [0.717, 1.165) is 24.8 Å². The summed E-state index contributed by atoms with van der Waals surface area (Å²) in [6, 6.07) is 5.08. The van der Waals surface area contributed by atoms with E-state index in [1.807, 2.05) is 32.0 Å². The topological polar surface area (TPSA) is 67.9 Å². The number of rotatable bonds is 8. The summed E-state index contributed by atoms with van der Waals surface area (Å²) in [5.41, 5.74) is 0.652. The highest BCUT2D eigenvalue weighted by Crippen LogP contribution is 2.60. The van der Waals surface area contributed by atoms with E-state index in [4.69, 9.17) is 9.47 Å². The summed E-state index contributed by atoms with van der Waals surface area (Å²) < 4.78 is 10.8. The number of likely N-dealkylation sites (N-methyl/N-ethyl adjacent to an activating group) is 1. The Morgan fingerprint density at radius 1 is 1.06 bits per heavy atom. The zero-order chi connectivity index (χ0) is 23.0. The number of hydrogen-bond donors (Lipinski definition) is 1. The molecule has 4 bridgehead atoms. The van der Waals surface area contributed by atoms with Crippen LogP contribution in [0.5, 0.6) is 11.5 Å². The lowest BCUT2D eigenvalue weighted by molar-refractivity contribution is -0.150. The van der Waals surface area contributed by atoms with Crippen LogP contribution in [0.2, 0.25) is 0 Å². The molecule has 1 atom stereocenters. The fourth-order valence-electron chi connectivity index (χ4n) is 6.75. The second-order valence-electron chi connectivity index (χ2n) is 10.8. The molecule has 4 saturated carbocycles. The van der Waals surface area contributed by atoms with Crippen molar-refractivity contribution in [3.8, 4) is 11.5 Å². The van der Waals surface area contributed by atoms with Crippen LogP contribution >= 0.6 is 0 Å². The molecule has 4 fully saturated rings. The van der Waals surface area contributed by atoms with Gasteiger partial charge in [-0.3, -0.25) is 9.59 Å². The molecule has 6 nitrogen and oxygen atoms in total. The zero-order valence-electron chi connectivity index (χ0n) is 20.1. The molecule has 176 valence electrons. The Bertz CT molecular complexity index is 830. The van der Waals surface area contributed by atoms with Crippen LogP contribution in [0.3, 0.4) is 0 Å². The Balaban J connectivity index is 1.45. The number of nitrogens with zero attached hydrogens (tertiary/aromatic N) is 1. The zero-order valence-corrected chi connectivity index (χ0v) is 20.1. The molecular formula is C26H38N2O4. The molecule has 5 rings (SSSR count). The normalized spacial score (nSPS) is 29.0. The Labute approximate surface area is 192 Å². The molecule has 4 aliphatic rings. The molecule has 1 aromatic carbocycles. The van der Waals surface area contributed by atoms with Crippen molar-refractivity contribution in [1.29, 1.82) is 0 Å². The van der Waals surface area contributed by atoms with Gasteiger partial charge in [-0.25, -0.2) is 0 Å². The van der Waals surface area contributed by atoms with Gasteiger partial charge in [-0.1, -0.05) is 13.8 Å². The number of nitrogens with one attached hydrogen (secondary N) is 1. The average Bonchev–Trinajstić information content (AvgIpc) is 2.75. The number of amides is 2. The van der Waals surface area contributed by atoms with Crippen molar-refractivity contribution in [3.05, 3.63) is 23.8 Å². The van der Waals surface area contributed by atoms with Crippen LogP contribution < -0.4 is 14.8 Å². The van der Waals surface area contributed by atoms with E-state index in [2.05, 4.69) is 5.32 Å². The fourth-order valence-corrected chi connectivity index (χ4v) is 6.75. The van der Waals surface area contributed by atoms with Crippen molar-refractivity contribution in [2.75, 3.05) is 21.3 Å². The number of ether oxygens (including phenoxy) is 2. The Morgan fingerprint density at radius 2 is 1.66 bits per heavy atom. The molecule has 0 aromatic heterocycles. The number of carbonyl (C=O) groups excluding carboxylic acids is 2. The maximum Gasteiger partial charge on any atom is 0.245 e. The van der Waals surface area contributed by atoms with Crippen molar-refractivity contribution in [3.63, 3.8) is 0 Å². The van der Waals surface area contributed by atoms with Crippen molar-refractivity contribution in [1.82, 2.24) is 10.2 Å². The van der Waals surface area contributed by atoms with Gasteiger partial charge >= 0.3 is 0 Å². The summed E-state index contributed by atoms with van der Waals surface area (Å²) in [5.74, 6) is 3.56. The van der Waals surface area contributed by atoms with Crippen molar-refractivity contribution in [2.24, 2.45) is 29.1 Å². The minimum absolute atomic E-state index is 0.0144. The summed E-state index contributed by atoms with van der Waals surface area (Å²) in [6.07, 6.45) is 6.90. The second kappa shape index (κ2) is 8.95. The van der Waals surface area contributed by atoms with Gasteiger partial charge in [-0.05, 0) is 74.3 Å². The number of carbonyl (C=O) groups is 2. The van der Waals surface area contributed by atoms with Crippen LogP contribution in [-0.4, -0.2) is 44.0 Å². The molecule has 32 heavy (non-hydrogen) atoms. The Morgan fingerprint density at radius 3 is 2.16 bits per heavy atom. The quantitative estimate of drug-likeness (QED) is 0.660. The standard InChI is InChI=1S/C26H38N2O4/c1-16(2)23(24(29)28(3)15-20-6-7-21(31-4)11-22(20)32-5)27-25(30)26-12-17-8-18(13-26)10-19(9-17)14-26/h6-7,11,16-19,23H,8-10,12-15H2,1-5H3,(H,27,30). The smallest absolute Gasteiger partial charge is 0.245 e. The molecule has 0 spiro atoms. The summed E-state index contributed by atoms with van der Waals surface area (Å²) in [4.78, 5) is 28.7. The summed E-state index contributed by atoms with van der Waals surface area (Å²) in [5, 5.41) is 3.21. The van der Waals surface area contributed by atoms with E-state index in [9.17, 15) is 9.59 Å². The van der Waals surface area contributed by atoms with Gasteiger partial charge in [-0.15, -0.1) is 0 Å². The van der Waals surface area contributed by atoms with E-state index in [1.165, 1.54) is 19.3 Å². The van der Waals surface area contributed by atoms with Crippen LogP contribution in [0.1, 0.15) is 57.9 Å². The van der Waals surface area contributed by atoms with Crippen molar-refractivity contribution in [2.45, 2.75) is 65.0 Å². The van der Waals surface area contributed by atoms with Gasteiger partial charge in [0.1, 0.15) is 17.5 Å². The van der Waals surface area contributed by atoms with Crippen LogP contribution in [0.4, 0.5) is 0 Å². The predicted molar refractivity (Wildman–Crippen MR) is 123 cm³/mol. The molecule has 0 radical (unpaired) electrons. The van der Waals surface area contributed by atoms with E-state index in [-0.39, 0.29) is 23.1 Å². The maximum atomic E-state index is 13.6. The molecular weight excluding hydrogens is 404 g/mol. The summed E-state index contributed by atoms with van der Waals surface area (Å²) in [6.45, 7) is 4.41. The molecule has 1 N–H and O–H groups in total. The number of methoxy groups -OCH3 is 2. The molecule has 4 aliphatic carbocycles. The summed E-state index contributed by atoms with van der Waals surface area (Å²) >= 11 is 0. The average molecular weight is 443 g/mol. The van der Waals surface area contributed by atoms with Gasteiger partial charge in [0.2, 0.25) is 11.8 Å². The van der Waals surface area contributed by atoms with E-state index < -0.39 is 6.04 Å². The third kappa shape index (κ3) is 4.33. The molecule has 6 heteroatoms. The first-order chi connectivity index (χ1) is 15.2. The van der Waals surface area contributed by atoms with Crippen LogP contribution in [-0.2, 0) is 16.1 Å². The third-order valence-corrected chi connectivity index (χ3v) is 8.02. The van der Waals surface area contributed by atoms with Crippen molar-refractivity contribution >= 4 is 11.8 Å². The third-order valence-electron chi connectivity index (χ3n) is 8.02. The Kier molecular flexibility index (Phi) is 6.42. The van der Waals surface area contributed by atoms with Crippen LogP contribution in [0.15, 0.2) is 18.2 Å². The monoisotopic (exact) mass is 442 g/mol. The van der Waals surface area contributed by atoms with Gasteiger partial charge in [0.25, 0.3) is 0 Å². The highest BCUT2D eigenvalue weighted by Gasteiger charge is 2.55. The van der Waals surface area contributed by atoms with Gasteiger partial charge in [0, 0.05) is 30.6 Å². The largest absolute Gasteiger partial charge is 0.497 e. The second-order valence-corrected chi connectivity index (χ2v) is 10.8. The van der Waals surface area contributed by atoms with Gasteiger partial charge in [0.15, 0.2) is 0 Å². The number of benzene rings is 1. The van der Waals surface area contributed by atoms with Crippen LogP contribution in [0.25, 0.3) is 0 Å². The molecule has 0 heterocycles. The van der Waals surface area contributed by atoms with E-state index in [0.29, 0.717) is 35.8 Å². The van der Waals surface area contributed by atoms with Gasteiger partial charge in [-0.2, -0.15) is 0 Å². The predicted octanol–water partition coefficient (Wildman–Crippen LogP) is 4.02. The number of hydrogen-bond acceptors (Lipinski definition) is 4.